The van der Waals surface area contributed by atoms with Gasteiger partial charge in [0.1, 0.15) is 5.75 Å². The number of hydrogen-bond donors (Lipinski definition) is 1. The van der Waals surface area contributed by atoms with Gasteiger partial charge in [0.2, 0.25) is 0 Å². The molecule has 0 saturated heterocycles. The van der Waals surface area contributed by atoms with Crippen molar-refractivity contribution < 1.29 is 14.2 Å². The molecule has 0 amide bonds. The van der Waals surface area contributed by atoms with E-state index in [1.165, 1.54) is 5.56 Å². The van der Waals surface area contributed by atoms with Crippen LogP contribution in [0.15, 0.2) is 24.3 Å². The molecule has 1 aromatic carbocycles. The summed E-state index contributed by atoms with van der Waals surface area (Å²) in [6, 6.07) is 8.51. The molecular weight excluding hydrogens is 266 g/mol. The van der Waals surface area contributed by atoms with Crippen LogP contribution in [-0.2, 0) is 9.47 Å². The van der Waals surface area contributed by atoms with Crippen LogP contribution in [0.5, 0.6) is 5.75 Å². The van der Waals surface area contributed by atoms with Crippen LogP contribution >= 0.6 is 0 Å². The Balaban J connectivity index is 2.61. The number of methoxy groups -OCH3 is 1. The highest BCUT2D eigenvalue weighted by Crippen LogP contribution is 2.27. The largest absolute Gasteiger partial charge is 0.493 e. The smallest absolute Gasteiger partial charge is 0.124 e. The fourth-order valence-corrected chi connectivity index (χ4v) is 2.17. The van der Waals surface area contributed by atoms with E-state index in [4.69, 9.17) is 14.2 Å². The lowest BCUT2D eigenvalue weighted by Crippen LogP contribution is -2.23. The number of benzene rings is 1. The van der Waals surface area contributed by atoms with Crippen molar-refractivity contribution in [3.05, 3.63) is 29.8 Å². The summed E-state index contributed by atoms with van der Waals surface area (Å²) in [5, 5.41) is 3.52. The third-order valence-electron chi connectivity index (χ3n) is 3.19. The van der Waals surface area contributed by atoms with E-state index in [1.54, 1.807) is 7.11 Å². The van der Waals surface area contributed by atoms with Gasteiger partial charge in [-0.2, -0.15) is 0 Å². The summed E-state index contributed by atoms with van der Waals surface area (Å²) < 4.78 is 16.4. The highest BCUT2D eigenvalue weighted by molar-refractivity contribution is 5.36. The molecule has 0 fully saturated rings. The Morgan fingerprint density at radius 1 is 1.05 bits per heavy atom. The van der Waals surface area contributed by atoms with Gasteiger partial charge >= 0.3 is 0 Å². The Morgan fingerprint density at radius 2 is 1.86 bits per heavy atom. The zero-order valence-corrected chi connectivity index (χ0v) is 13.6. The monoisotopic (exact) mass is 295 g/mol. The first kappa shape index (κ1) is 18.0. The fourth-order valence-electron chi connectivity index (χ4n) is 2.17. The molecule has 0 radical (unpaired) electrons. The average Bonchev–Trinajstić information content (AvgIpc) is 2.52. The minimum absolute atomic E-state index is 0.255. The molecule has 1 atom stereocenters. The van der Waals surface area contributed by atoms with Crippen LogP contribution in [-0.4, -0.2) is 40.1 Å². The second-order valence-electron chi connectivity index (χ2n) is 4.89. The van der Waals surface area contributed by atoms with Crippen LogP contribution < -0.4 is 10.1 Å². The van der Waals surface area contributed by atoms with Crippen molar-refractivity contribution in [1.82, 2.24) is 5.32 Å². The van der Waals surface area contributed by atoms with Crippen LogP contribution in [0.4, 0.5) is 0 Å². The normalized spacial score (nSPS) is 12.3. The summed E-state index contributed by atoms with van der Waals surface area (Å²) in [6.07, 6.45) is 1.93. The Bertz CT molecular complexity index is 371. The molecule has 120 valence electrons. The zero-order valence-electron chi connectivity index (χ0n) is 13.6. The molecular formula is C17H29NO3. The molecule has 0 aromatic heterocycles. The first-order valence-corrected chi connectivity index (χ1v) is 7.85. The Morgan fingerprint density at radius 3 is 2.57 bits per heavy atom. The molecule has 0 aliphatic rings. The van der Waals surface area contributed by atoms with E-state index in [0.717, 1.165) is 31.7 Å². The van der Waals surface area contributed by atoms with Crippen LogP contribution in [0.2, 0.25) is 0 Å². The lowest BCUT2D eigenvalue weighted by Gasteiger charge is -2.21. The summed E-state index contributed by atoms with van der Waals surface area (Å²) >= 11 is 0. The second kappa shape index (κ2) is 11.5. The number of hydrogen-bond acceptors (Lipinski definition) is 4. The lowest BCUT2D eigenvalue weighted by molar-refractivity contribution is 0.0657. The topological polar surface area (TPSA) is 39.7 Å². The predicted molar refractivity (Wildman–Crippen MR) is 86.0 cm³/mol. The zero-order chi connectivity index (χ0) is 15.3. The minimum Gasteiger partial charge on any atom is -0.493 e. The summed E-state index contributed by atoms with van der Waals surface area (Å²) in [6.45, 7) is 7.90. The Labute approximate surface area is 128 Å². The molecule has 0 heterocycles. The molecule has 0 saturated carbocycles. The summed E-state index contributed by atoms with van der Waals surface area (Å²) in [4.78, 5) is 0. The van der Waals surface area contributed by atoms with Gasteiger partial charge in [0, 0.05) is 25.3 Å². The van der Waals surface area contributed by atoms with E-state index >= 15 is 0 Å². The highest BCUT2D eigenvalue weighted by atomic mass is 16.5. The quantitative estimate of drug-likeness (QED) is 0.601. The van der Waals surface area contributed by atoms with Gasteiger partial charge in [-0.25, -0.2) is 0 Å². The maximum absolute atomic E-state index is 5.86. The second-order valence-corrected chi connectivity index (χ2v) is 4.89. The molecule has 4 heteroatoms. The molecule has 1 aromatic rings. The SMILES string of the molecule is CCCOc1ccccc1C(CCOCCOC)NCC. The van der Waals surface area contributed by atoms with Gasteiger partial charge in [0.15, 0.2) is 0 Å². The van der Waals surface area contributed by atoms with Crippen molar-refractivity contribution in [1.29, 1.82) is 0 Å². The fraction of sp³-hybridized carbons (Fsp3) is 0.647. The van der Waals surface area contributed by atoms with Crippen molar-refractivity contribution in [3.8, 4) is 5.75 Å². The number of nitrogens with one attached hydrogen (secondary N) is 1. The molecule has 0 spiro atoms. The van der Waals surface area contributed by atoms with Gasteiger partial charge in [0.05, 0.1) is 19.8 Å². The van der Waals surface area contributed by atoms with Crippen LogP contribution in [0.25, 0.3) is 0 Å². The van der Waals surface area contributed by atoms with E-state index in [1.807, 2.05) is 12.1 Å². The minimum atomic E-state index is 0.255. The Hall–Kier alpha value is -1.10. The van der Waals surface area contributed by atoms with Crippen molar-refractivity contribution in [2.45, 2.75) is 32.7 Å². The molecule has 21 heavy (non-hydrogen) atoms. The highest BCUT2D eigenvalue weighted by Gasteiger charge is 2.14. The Kier molecular flexibility index (Phi) is 9.87. The van der Waals surface area contributed by atoms with Gasteiger partial charge in [-0.3, -0.25) is 0 Å². The maximum atomic E-state index is 5.86. The van der Waals surface area contributed by atoms with Crippen LogP contribution in [0, 0.1) is 0 Å². The van der Waals surface area contributed by atoms with Gasteiger partial charge in [-0.15, -0.1) is 0 Å². The van der Waals surface area contributed by atoms with Gasteiger partial charge in [-0.1, -0.05) is 32.0 Å². The number of rotatable bonds is 12. The van der Waals surface area contributed by atoms with Crippen molar-refractivity contribution in [2.24, 2.45) is 0 Å². The predicted octanol–water partition coefficient (Wildman–Crippen LogP) is 3.18. The molecule has 0 bridgehead atoms. The van der Waals surface area contributed by atoms with Gasteiger partial charge in [0.25, 0.3) is 0 Å². The van der Waals surface area contributed by atoms with Crippen molar-refractivity contribution in [2.75, 3.05) is 40.1 Å². The van der Waals surface area contributed by atoms with E-state index in [-0.39, 0.29) is 6.04 Å². The lowest BCUT2D eigenvalue weighted by atomic mass is 10.0. The van der Waals surface area contributed by atoms with Gasteiger partial charge in [-0.05, 0) is 25.5 Å². The number of para-hydroxylation sites is 1. The molecule has 1 unspecified atom stereocenters. The van der Waals surface area contributed by atoms with E-state index in [0.29, 0.717) is 19.8 Å². The van der Waals surface area contributed by atoms with E-state index in [9.17, 15) is 0 Å². The summed E-state index contributed by atoms with van der Waals surface area (Å²) in [5.41, 5.74) is 1.21. The molecule has 1 N–H and O–H groups in total. The number of ether oxygens (including phenoxy) is 3. The first-order chi connectivity index (χ1) is 10.3. The third-order valence-corrected chi connectivity index (χ3v) is 3.19. The summed E-state index contributed by atoms with van der Waals surface area (Å²) in [5.74, 6) is 0.974. The van der Waals surface area contributed by atoms with Gasteiger partial charge < -0.3 is 19.5 Å². The molecule has 0 aliphatic heterocycles. The van der Waals surface area contributed by atoms with E-state index < -0.39 is 0 Å². The van der Waals surface area contributed by atoms with E-state index in [2.05, 4.69) is 31.3 Å². The van der Waals surface area contributed by atoms with Crippen molar-refractivity contribution >= 4 is 0 Å². The molecule has 0 aliphatic carbocycles. The average molecular weight is 295 g/mol. The third kappa shape index (κ3) is 6.93. The summed E-state index contributed by atoms with van der Waals surface area (Å²) in [7, 11) is 1.69. The van der Waals surface area contributed by atoms with Crippen LogP contribution in [0.3, 0.4) is 0 Å². The standard InChI is InChI=1S/C17H29NO3/c1-4-11-21-17-9-7-6-8-15(17)16(18-5-2)10-12-20-14-13-19-3/h6-9,16,18H,4-5,10-14H2,1-3H3. The maximum Gasteiger partial charge on any atom is 0.124 e. The molecule has 4 nitrogen and oxygen atoms in total. The van der Waals surface area contributed by atoms with Crippen molar-refractivity contribution in [3.63, 3.8) is 0 Å². The molecule has 1 rings (SSSR count). The first-order valence-electron chi connectivity index (χ1n) is 7.85. The van der Waals surface area contributed by atoms with Crippen LogP contribution in [0.1, 0.15) is 38.3 Å².